The van der Waals surface area contributed by atoms with Gasteiger partial charge in [0.25, 0.3) is 0 Å². The van der Waals surface area contributed by atoms with E-state index in [1.807, 2.05) is 0 Å². The SMILES string of the molecule is CCOC(=O)c1nnn(Cc2cccc(F)c2)c1CN. The third-order valence-corrected chi connectivity index (χ3v) is 2.72. The number of ether oxygens (including phenoxy) is 1. The zero-order valence-corrected chi connectivity index (χ0v) is 11.0. The highest BCUT2D eigenvalue weighted by Gasteiger charge is 2.19. The zero-order valence-electron chi connectivity index (χ0n) is 11.0. The highest BCUT2D eigenvalue weighted by molar-refractivity contribution is 5.88. The van der Waals surface area contributed by atoms with Gasteiger partial charge in [-0.3, -0.25) is 0 Å². The van der Waals surface area contributed by atoms with Gasteiger partial charge in [0.15, 0.2) is 5.69 Å². The molecule has 1 heterocycles. The Kier molecular flexibility index (Phi) is 4.41. The van der Waals surface area contributed by atoms with Gasteiger partial charge in [-0.1, -0.05) is 17.3 Å². The number of rotatable bonds is 5. The quantitative estimate of drug-likeness (QED) is 0.828. The number of halogens is 1. The maximum absolute atomic E-state index is 13.1. The minimum Gasteiger partial charge on any atom is -0.461 e. The van der Waals surface area contributed by atoms with Crippen molar-refractivity contribution in [3.8, 4) is 0 Å². The molecule has 7 heteroatoms. The Hall–Kier alpha value is -2.28. The molecule has 0 saturated carbocycles. The van der Waals surface area contributed by atoms with Gasteiger partial charge in [-0.05, 0) is 24.6 Å². The molecular formula is C13H15FN4O2. The lowest BCUT2D eigenvalue weighted by Crippen LogP contribution is -2.14. The van der Waals surface area contributed by atoms with E-state index in [1.165, 1.54) is 16.8 Å². The second-order valence-corrected chi connectivity index (χ2v) is 4.10. The number of hydrogen-bond acceptors (Lipinski definition) is 5. The lowest BCUT2D eigenvalue weighted by atomic mass is 10.2. The van der Waals surface area contributed by atoms with Crippen molar-refractivity contribution in [2.24, 2.45) is 5.73 Å². The van der Waals surface area contributed by atoms with Crippen molar-refractivity contribution in [3.05, 3.63) is 47.0 Å². The molecule has 0 spiro atoms. The van der Waals surface area contributed by atoms with Gasteiger partial charge in [0.1, 0.15) is 5.82 Å². The van der Waals surface area contributed by atoms with E-state index in [-0.39, 0.29) is 31.2 Å². The Morgan fingerprint density at radius 3 is 2.95 bits per heavy atom. The summed E-state index contributed by atoms with van der Waals surface area (Å²) in [5, 5.41) is 7.67. The van der Waals surface area contributed by atoms with Gasteiger partial charge < -0.3 is 10.5 Å². The molecule has 2 aromatic rings. The summed E-state index contributed by atoms with van der Waals surface area (Å²) in [7, 11) is 0. The van der Waals surface area contributed by atoms with Crippen molar-refractivity contribution in [2.45, 2.75) is 20.0 Å². The second-order valence-electron chi connectivity index (χ2n) is 4.10. The van der Waals surface area contributed by atoms with E-state index in [4.69, 9.17) is 10.5 Å². The molecule has 0 amide bonds. The number of aromatic nitrogens is 3. The fraction of sp³-hybridized carbons (Fsp3) is 0.308. The molecule has 20 heavy (non-hydrogen) atoms. The van der Waals surface area contributed by atoms with Crippen LogP contribution in [0.1, 0.15) is 28.7 Å². The van der Waals surface area contributed by atoms with Gasteiger partial charge in [0.05, 0.1) is 18.8 Å². The van der Waals surface area contributed by atoms with E-state index in [0.29, 0.717) is 11.3 Å². The summed E-state index contributed by atoms with van der Waals surface area (Å²) >= 11 is 0. The number of hydrogen-bond donors (Lipinski definition) is 1. The van der Waals surface area contributed by atoms with E-state index < -0.39 is 5.97 Å². The third kappa shape index (κ3) is 3.00. The molecule has 106 valence electrons. The Morgan fingerprint density at radius 1 is 1.50 bits per heavy atom. The number of carbonyl (C=O) groups excluding carboxylic acids is 1. The van der Waals surface area contributed by atoms with E-state index in [1.54, 1.807) is 19.1 Å². The fourth-order valence-electron chi connectivity index (χ4n) is 1.83. The number of esters is 1. The fourth-order valence-corrected chi connectivity index (χ4v) is 1.83. The third-order valence-electron chi connectivity index (χ3n) is 2.72. The summed E-state index contributed by atoms with van der Waals surface area (Å²) in [6.45, 7) is 2.34. The molecule has 0 aliphatic rings. The van der Waals surface area contributed by atoms with Crippen LogP contribution in [0.25, 0.3) is 0 Å². The van der Waals surface area contributed by atoms with Crippen molar-refractivity contribution >= 4 is 5.97 Å². The van der Waals surface area contributed by atoms with Crippen LogP contribution in [-0.2, 0) is 17.8 Å². The standard InChI is InChI=1S/C13H15FN4O2/c1-2-20-13(19)12-11(7-15)18(17-16-12)8-9-4-3-5-10(14)6-9/h3-6H,2,7-8,15H2,1H3. The van der Waals surface area contributed by atoms with Crippen LogP contribution in [0.15, 0.2) is 24.3 Å². The van der Waals surface area contributed by atoms with Gasteiger partial charge >= 0.3 is 5.97 Å². The molecule has 0 bridgehead atoms. The first-order valence-corrected chi connectivity index (χ1v) is 6.19. The molecule has 0 aliphatic heterocycles. The molecule has 0 radical (unpaired) electrons. The number of carbonyl (C=O) groups is 1. The lowest BCUT2D eigenvalue weighted by Gasteiger charge is -2.06. The summed E-state index contributed by atoms with van der Waals surface area (Å²) in [6.07, 6.45) is 0. The molecule has 2 rings (SSSR count). The smallest absolute Gasteiger partial charge is 0.360 e. The predicted molar refractivity (Wildman–Crippen MR) is 69.4 cm³/mol. The average Bonchev–Trinajstić information content (AvgIpc) is 2.82. The first kappa shape index (κ1) is 14.1. The van der Waals surface area contributed by atoms with Crippen molar-refractivity contribution < 1.29 is 13.9 Å². The van der Waals surface area contributed by atoms with Crippen molar-refractivity contribution in [2.75, 3.05) is 6.61 Å². The van der Waals surface area contributed by atoms with Gasteiger partial charge in [-0.2, -0.15) is 0 Å². The van der Waals surface area contributed by atoms with Crippen LogP contribution in [0.4, 0.5) is 4.39 Å². The Bertz CT molecular complexity index is 612. The molecule has 2 N–H and O–H groups in total. The monoisotopic (exact) mass is 278 g/mol. The molecule has 0 atom stereocenters. The number of benzene rings is 1. The van der Waals surface area contributed by atoms with E-state index in [9.17, 15) is 9.18 Å². The summed E-state index contributed by atoms with van der Waals surface area (Å²) in [5.41, 5.74) is 6.91. The van der Waals surface area contributed by atoms with Crippen LogP contribution in [0.5, 0.6) is 0 Å². The summed E-state index contributed by atoms with van der Waals surface area (Å²) in [4.78, 5) is 11.7. The van der Waals surface area contributed by atoms with Gasteiger partial charge in [-0.15, -0.1) is 5.10 Å². The van der Waals surface area contributed by atoms with Crippen molar-refractivity contribution in [1.82, 2.24) is 15.0 Å². The lowest BCUT2D eigenvalue weighted by molar-refractivity contribution is 0.0518. The van der Waals surface area contributed by atoms with Gasteiger partial charge in [0, 0.05) is 6.54 Å². The first-order chi connectivity index (χ1) is 9.65. The van der Waals surface area contributed by atoms with E-state index >= 15 is 0 Å². The highest BCUT2D eigenvalue weighted by atomic mass is 19.1. The van der Waals surface area contributed by atoms with Crippen LogP contribution in [0, 0.1) is 5.82 Å². The van der Waals surface area contributed by atoms with Crippen LogP contribution >= 0.6 is 0 Å². The molecule has 1 aromatic heterocycles. The van der Waals surface area contributed by atoms with E-state index in [2.05, 4.69) is 10.3 Å². The average molecular weight is 278 g/mol. The maximum atomic E-state index is 13.1. The normalized spacial score (nSPS) is 10.6. The Balaban J connectivity index is 2.27. The molecule has 0 saturated heterocycles. The Labute approximate surface area is 115 Å². The molecule has 0 aliphatic carbocycles. The highest BCUT2D eigenvalue weighted by Crippen LogP contribution is 2.11. The van der Waals surface area contributed by atoms with Crippen LogP contribution in [-0.4, -0.2) is 27.6 Å². The Morgan fingerprint density at radius 2 is 2.30 bits per heavy atom. The molecule has 0 unspecified atom stereocenters. The van der Waals surface area contributed by atoms with Gasteiger partial charge in [0.2, 0.25) is 0 Å². The van der Waals surface area contributed by atoms with Crippen LogP contribution in [0.2, 0.25) is 0 Å². The zero-order chi connectivity index (χ0) is 14.5. The van der Waals surface area contributed by atoms with Gasteiger partial charge in [-0.25, -0.2) is 13.9 Å². The van der Waals surface area contributed by atoms with Crippen molar-refractivity contribution in [1.29, 1.82) is 0 Å². The predicted octanol–water partition coefficient (Wildman–Crippen LogP) is 1.10. The molecular weight excluding hydrogens is 263 g/mol. The second kappa shape index (κ2) is 6.25. The summed E-state index contributed by atoms with van der Waals surface area (Å²) in [6, 6.07) is 6.12. The largest absolute Gasteiger partial charge is 0.461 e. The molecule has 6 nitrogen and oxygen atoms in total. The van der Waals surface area contributed by atoms with Crippen molar-refractivity contribution in [3.63, 3.8) is 0 Å². The maximum Gasteiger partial charge on any atom is 0.360 e. The summed E-state index contributed by atoms with van der Waals surface area (Å²) in [5.74, 6) is -0.888. The topological polar surface area (TPSA) is 83.0 Å². The van der Waals surface area contributed by atoms with Crippen LogP contribution in [0.3, 0.4) is 0 Å². The minimum absolute atomic E-state index is 0.0937. The first-order valence-electron chi connectivity index (χ1n) is 6.19. The minimum atomic E-state index is -0.557. The van der Waals surface area contributed by atoms with E-state index in [0.717, 1.165) is 0 Å². The number of nitrogens with two attached hydrogens (primary N) is 1. The number of nitrogens with zero attached hydrogens (tertiary/aromatic N) is 3. The van der Waals surface area contributed by atoms with Crippen LogP contribution < -0.4 is 5.73 Å². The summed E-state index contributed by atoms with van der Waals surface area (Å²) < 4.78 is 19.5. The molecule has 0 fully saturated rings. The molecule has 1 aromatic carbocycles.